The Morgan fingerprint density at radius 3 is 2.00 bits per heavy atom. The number of amides is 2. The first-order valence-electron chi connectivity index (χ1n) is 6.88. The van der Waals surface area contributed by atoms with Gasteiger partial charge in [0.05, 0.1) is 6.04 Å². The van der Waals surface area contributed by atoms with E-state index in [0.29, 0.717) is 30.1 Å². The van der Waals surface area contributed by atoms with Gasteiger partial charge < -0.3 is 16.4 Å². The third kappa shape index (κ3) is 7.11. The number of nitrogens with two attached hydrogens (primary N) is 1. The van der Waals surface area contributed by atoms with E-state index in [1.807, 2.05) is 20.8 Å². The zero-order valence-electron chi connectivity index (χ0n) is 12.7. The number of carbonyl (C=O) groups excluding carboxylic acids is 2. The second-order valence-electron chi connectivity index (χ2n) is 5.23. The summed E-state index contributed by atoms with van der Waals surface area (Å²) >= 11 is 0. The normalized spacial score (nSPS) is 11.5. The Labute approximate surface area is 132 Å². The van der Waals surface area contributed by atoms with Crippen LogP contribution in [0.5, 0.6) is 0 Å². The van der Waals surface area contributed by atoms with Gasteiger partial charge in [0.2, 0.25) is 11.8 Å². The van der Waals surface area contributed by atoms with Gasteiger partial charge in [0.15, 0.2) is 0 Å². The topological polar surface area (TPSA) is 84.2 Å². The first kappa shape index (κ1) is 19.4. The number of halogens is 1. The van der Waals surface area contributed by atoms with E-state index in [0.717, 1.165) is 0 Å². The summed E-state index contributed by atoms with van der Waals surface area (Å²) < 4.78 is 0. The number of hydrogen-bond donors (Lipinski definition) is 3. The number of hydrogen-bond acceptors (Lipinski definition) is 3. The maximum absolute atomic E-state index is 11.6. The van der Waals surface area contributed by atoms with E-state index in [4.69, 9.17) is 5.73 Å². The Bertz CT molecular complexity index is 460. The number of anilines is 2. The van der Waals surface area contributed by atoms with Gasteiger partial charge in [-0.1, -0.05) is 20.8 Å². The number of benzene rings is 1. The van der Waals surface area contributed by atoms with Crippen molar-refractivity contribution in [3.63, 3.8) is 0 Å². The minimum absolute atomic E-state index is 0. The molecule has 1 aromatic rings. The SMILES string of the molecule is CC[C@H](N)C(=O)Nc1ccc(NC(=O)CC(C)C)cc1.Cl. The number of carbonyl (C=O) groups is 2. The van der Waals surface area contributed by atoms with Gasteiger partial charge in [-0.3, -0.25) is 9.59 Å². The van der Waals surface area contributed by atoms with Gasteiger partial charge in [0, 0.05) is 17.8 Å². The molecular weight excluding hydrogens is 290 g/mol. The molecule has 6 heteroatoms. The largest absolute Gasteiger partial charge is 0.326 e. The van der Waals surface area contributed by atoms with Crippen molar-refractivity contribution in [2.75, 3.05) is 10.6 Å². The lowest BCUT2D eigenvalue weighted by atomic mass is 10.1. The molecule has 0 aliphatic carbocycles. The molecule has 5 nitrogen and oxygen atoms in total. The summed E-state index contributed by atoms with van der Waals surface area (Å²) in [6.07, 6.45) is 1.08. The fourth-order valence-corrected chi connectivity index (χ4v) is 1.64. The molecular formula is C15H24ClN3O2. The minimum Gasteiger partial charge on any atom is -0.326 e. The van der Waals surface area contributed by atoms with Crippen molar-refractivity contribution in [2.24, 2.45) is 11.7 Å². The predicted octanol–water partition coefficient (Wildman–Crippen LogP) is 2.77. The van der Waals surface area contributed by atoms with Crippen molar-refractivity contribution in [2.45, 2.75) is 39.7 Å². The zero-order chi connectivity index (χ0) is 15.1. The molecule has 2 amide bonds. The molecule has 0 spiro atoms. The van der Waals surface area contributed by atoms with Crippen LogP contribution in [-0.4, -0.2) is 17.9 Å². The summed E-state index contributed by atoms with van der Waals surface area (Å²) in [4.78, 5) is 23.2. The third-order valence-corrected chi connectivity index (χ3v) is 2.81. The van der Waals surface area contributed by atoms with E-state index >= 15 is 0 Å². The molecule has 1 atom stereocenters. The fraction of sp³-hybridized carbons (Fsp3) is 0.467. The van der Waals surface area contributed by atoms with Crippen LogP contribution in [-0.2, 0) is 9.59 Å². The van der Waals surface area contributed by atoms with E-state index < -0.39 is 6.04 Å². The molecule has 0 radical (unpaired) electrons. The van der Waals surface area contributed by atoms with Gasteiger partial charge in [-0.15, -0.1) is 12.4 Å². The van der Waals surface area contributed by atoms with Crippen molar-refractivity contribution < 1.29 is 9.59 Å². The zero-order valence-corrected chi connectivity index (χ0v) is 13.5. The number of rotatable bonds is 6. The molecule has 0 fully saturated rings. The molecule has 0 heterocycles. The molecule has 0 saturated heterocycles. The van der Waals surface area contributed by atoms with Crippen LogP contribution in [0.4, 0.5) is 11.4 Å². The van der Waals surface area contributed by atoms with Crippen LogP contribution < -0.4 is 16.4 Å². The van der Waals surface area contributed by atoms with Crippen molar-refractivity contribution in [1.82, 2.24) is 0 Å². The summed E-state index contributed by atoms with van der Waals surface area (Å²) in [5, 5.41) is 5.54. The van der Waals surface area contributed by atoms with Crippen LogP contribution in [0.15, 0.2) is 24.3 Å². The molecule has 0 saturated carbocycles. The van der Waals surface area contributed by atoms with Crippen LogP contribution >= 0.6 is 12.4 Å². The summed E-state index contributed by atoms with van der Waals surface area (Å²) in [5.41, 5.74) is 7.02. The summed E-state index contributed by atoms with van der Waals surface area (Å²) in [6.45, 7) is 5.85. The highest BCUT2D eigenvalue weighted by molar-refractivity contribution is 5.95. The van der Waals surface area contributed by atoms with E-state index in [-0.39, 0.29) is 24.2 Å². The maximum Gasteiger partial charge on any atom is 0.241 e. The molecule has 1 rings (SSSR count). The molecule has 0 aliphatic heterocycles. The highest BCUT2D eigenvalue weighted by atomic mass is 35.5. The quantitative estimate of drug-likeness (QED) is 0.755. The first-order chi connectivity index (χ1) is 9.42. The molecule has 0 aromatic heterocycles. The lowest BCUT2D eigenvalue weighted by Gasteiger charge is -2.11. The Hall–Kier alpha value is -1.59. The third-order valence-electron chi connectivity index (χ3n) is 2.81. The lowest BCUT2D eigenvalue weighted by molar-refractivity contribution is -0.118. The summed E-state index contributed by atoms with van der Waals surface area (Å²) in [6, 6.07) is 6.49. The maximum atomic E-state index is 11.6. The highest BCUT2D eigenvalue weighted by Crippen LogP contribution is 2.14. The molecule has 4 N–H and O–H groups in total. The molecule has 0 aliphatic rings. The van der Waals surface area contributed by atoms with E-state index in [1.165, 1.54) is 0 Å². The van der Waals surface area contributed by atoms with Crippen LogP contribution in [0.2, 0.25) is 0 Å². The van der Waals surface area contributed by atoms with Crippen molar-refractivity contribution >= 4 is 35.6 Å². The predicted molar refractivity (Wildman–Crippen MR) is 88.7 cm³/mol. The van der Waals surface area contributed by atoms with Gasteiger partial charge >= 0.3 is 0 Å². The van der Waals surface area contributed by atoms with Gasteiger partial charge in [0.1, 0.15) is 0 Å². The Morgan fingerprint density at radius 1 is 1.10 bits per heavy atom. The van der Waals surface area contributed by atoms with Gasteiger partial charge in [-0.25, -0.2) is 0 Å². The van der Waals surface area contributed by atoms with Gasteiger partial charge in [-0.2, -0.15) is 0 Å². The molecule has 0 unspecified atom stereocenters. The average Bonchev–Trinajstić information content (AvgIpc) is 2.39. The standard InChI is InChI=1S/C15H23N3O2.ClH/c1-4-13(16)15(20)18-12-7-5-11(6-8-12)17-14(19)9-10(2)3;/h5-8,10,13H,4,9,16H2,1-3H3,(H,17,19)(H,18,20);1H/t13-;/m0./s1. The monoisotopic (exact) mass is 313 g/mol. The van der Waals surface area contributed by atoms with Crippen LogP contribution in [0.1, 0.15) is 33.6 Å². The molecule has 1 aromatic carbocycles. The molecule has 0 bridgehead atoms. The molecule has 21 heavy (non-hydrogen) atoms. The van der Waals surface area contributed by atoms with E-state index in [9.17, 15) is 9.59 Å². The van der Waals surface area contributed by atoms with Crippen LogP contribution in [0.25, 0.3) is 0 Å². The molecule has 118 valence electrons. The van der Waals surface area contributed by atoms with Crippen molar-refractivity contribution in [1.29, 1.82) is 0 Å². The smallest absolute Gasteiger partial charge is 0.241 e. The second-order valence-corrected chi connectivity index (χ2v) is 5.23. The van der Waals surface area contributed by atoms with E-state index in [1.54, 1.807) is 24.3 Å². The van der Waals surface area contributed by atoms with Crippen molar-refractivity contribution in [3.8, 4) is 0 Å². The fourth-order valence-electron chi connectivity index (χ4n) is 1.64. The van der Waals surface area contributed by atoms with Crippen LogP contribution in [0, 0.1) is 5.92 Å². The first-order valence-corrected chi connectivity index (χ1v) is 6.88. The van der Waals surface area contributed by atoms with Gasteiger partial charge in [-0.05, 0) is 36.6 Å². The van der Waals surface area contributed by atoms with Crippen molar-refractivity contribution in [3.05, 3.63) is 24.3 Å². The lowest BCUT2D eigenvalue weighted by Crippen LogP contribution is -2.34. The highest BCUT2D eigenvalue weighted by Gasteiger charge is 2.11. The second kappa shape index (κ2) is 9.37. The average molecular weight is 314 g/mol. The summed E-state index contributed by atoms with van der Waals surface area (Å²) in [7, 11) is 0. The van der Waals surface area contributed by atoms with Gasteiger partial charge in [0.25, 0.3) is 0 Å². The van der Waals surface area contributed by atoms with E-state index in [2.05, 4.69) is 10.6 Å². The number of nitrogens with one attached hydrogen (secondary N) is 2. The van der Waals surface area contributed by atoms with Crippen LogP contribution in [0.3, 0.4) is 0 Å². The summed E-state index contributed by atoms with van der Waals surface area (Å²) in [5.74, 6) is 0.109. The Balaban J connectivity index is 0.00000400. The Kier molecular flexibility index (Phi) is 8.66. The minimum atomic E-state index is -0.500. The Morgan fingerprint density at radius 2 is 1.57 bits per heavy atom.